The molecule has 0 saturated carbocycles. The number of hydrogen-bond donors (Lipinski definition) is 2. The first kappa shape index (κ1) is 17.4. The molecule has 1 heterocycles. The van der Waals surface area contributed by atoms with Gasteiger partial charge in [0.1, 0.15) is 5.82 Å². The summed E-state index contributed by atoms with van der Waals surface area (Å²) in [5.41, 5.74) is 1.47. The minimum Gasteiger partial charge on any atom is -0.396 e. The van der Waals surface area contributed by atoms with Gasteiger partial charge in [0.15, 0.2) is 0 Å². The van der Waals surface area contributed by atoms with E-state index in [1.54, 1.807) is 11.0 Å². The SMILES string of the molecule is CCCNc1cc(C(=O)N(CCCO)C(C)C)cc(C)n1. The maximum absolute atomic E-state index is 12.7. The van der Waals surface area contributed by atoms with Crippen LogP contribution in [-0.4, -0.2) is 46.6 Å². The number of anilines is 1. The summed E-state index contributed by atoms with van der Waals surface area (Å²) < 4.78 is 0. The van der Waals surface area contributed by atoms with Crippen molar-refractivity contribution in [2.45, 2.75) is 46.6 Å². The predicted molar refractivity (Wildman–Crippen MR) is 85.6 cm³/mol. The lowest BCUT2D eigenvalue weighted by Gasteiger charge is -2.27. The van der Waals surface area contributed by atoms with Crippen LogP contribution in [0.25, 0.3) is 0 Å². The summed E-state index contributed by atoms with van der Waals surface area (Å²) in [5, 5.41) is 12.2. The molecule has 5 heteroatoms. The fourth-order valence-electron chi connectivity index (χ4n) is 2.14. The Kier molecular flexibility index (Phi) is 7.15. The highest BCUT2D eigenvalue weighted by Gasteiger charge is 2.19. The maximum Gasteiger partial charge on any atom is 0.254 e. The fraction of sp³-hybridized carbons (Fsp3) is 0.625. The first-order valence-electron chi connectivity index (χ1n) is 7.64. The second-order valence-electron chi connectivity index (χ2n) is 5.48. The average Bonchev–Trinajstić information content (AvgIpc) is 2.44. The van der Waals surface area contributed by atoms with Crippen LogP contribution in [0.4, 0.5) is 5.82 Å². The molecule has 1 amide bonds. The molecule has 5 nitrogen and oxygen atoms in total. The van der Waals surface area contributed by atoms with Crippen molar-refractivity contribution in [2.24, 2.45) is 0 Å². The molecule has 0 unspecified atom stereocenters. The van der Waals surface area contributed by atoms with E-state index in [0.717, 1.165) is 24.5 Å². The van der Waals surface area contributed by atoms with E-state index in [4.69, 9.17) is 5.11 Å². The van der Waals surface area contributed by atoms with Crippen molar-refractivity contribution < 1.29 is 9.90 Å². The van der Waals surface area contributed by atoms with Crippen molar-refractivity contribution in [2.75, 3.05) is 25.0 Å². The number of pyridine rings is 1. The van der Waals surface area contributed by atoms with E-state index in [9.17, 15) is 4.79 Å². The van der Waals surface area contributed by atoms with Gasteiger partial charge in [0.2, 0.25) is 0 Å². The lowest BCUT2D eigenvalue weighted by Crippen LogP contribution is -2.38. The molecule has 1 aromatic heterocycles. The maximum atomic E-state index is 12.7. The Bertz CT molecular complexity index is 461. The Labute approximate surface area is 127 Å². The number of aromatic nitrogens is 1. The highest BCUT2D eigenvalue weighted by molar-refractivity contribution is 5.95. The summed E-state index contributed by atoms with van der Waals surface area (Å²) in [6, 6.07) is 3.72. The topological polar surface area (TPSA) is 65.5 Å². The molecule has 0 atom stereocenters. The van der Waals surface area contributed by atoms with Crippen LogP contribution in [0.3, 0.4) is 0 Å². The van der Waals surface area contributed by atoms with Gasteiger partial charge < -0.3 is 15.3 Å². The Morgan fingerprint density at radius 1 is 1.43 bits per heavy atom. The number of aryl methyl sites for hydroxylation is 1. The number of carbonyl (C=O) groups is 1. The van der Waals surface area contributed by atoms with Gasteiger partial charge in [-0.15, -0.1) is 0 Å². The zero-order valence-electron chi connectivity index (χ0n) is 13.5. The van der Waals surface area contributed by atoms with Crippen LogP contribution in [-0.2, 0) is 0 Å². The summed E-state index contributed by atoms with van der Waals surface area (Å²) in [6.07, 6.45) is 1.60. The second kappa shape index (κ2) is 8.62. The molecule has 0 aliphatic carbocycles. The Balaban J connectivity index is 2.95. The third-order valence-corrected chi connectivity index (χ3v) is 3.20. The third kappa shape index (κ3) is 5.34. The molecule has 0 saturated heterocycles. The lowest BCUT2D eigenvalue weighted by atomic mass is 10.1. The molecule has 118 valence electrons. The second-order valence-corrected chi connectivity index (χ2v) is 5.48. The van der Waals surface area contributed by atoms with Gasteiger partial charge in [-0.05, 0) is 45.7 Å². The number of aliphatic hydroxyl groups is 1. The van der Waals surface area contributed by atoms with Gasteiger partial charge in [-0.2, -0.15) is 0 Å². The smallest absolute Gasteiger partial charge is 0.254 e. The van der Waals surface area contributed by atoms with E-state index in [-0.39, 0.29) is 18.6 Å². The Morgan fingerprint density at radius 2 is 2.14 bits per heavy atom. The summed E-state index contributed by atoms with van der Waals surface area (Å²) in [4.78, 5) is 18.8. The number of aliphatic hydroxyl groups excluding tert-OH is 1. The Morgan fingerprint density at radius 3 is 2.71 bits per heavy atom. The summed E-state index contributed by atoms with van der Waals surface area (Å²) in [7, 11) is 0. The highest BCUT2D eigenvalue weighted by atomic mass is 16.3. The van der Waals surface area contributed by atoms with E-state index in [1.165, 1.54) is 0 Å². The van der Waals surface area contributed by atoms with Crippen LogP contribution in [0.1, 0.15) is 49.7 Å². The van der Waals surface area contributed by atoms with Crippen LogP contribution in [0.2, 0.25) is 0 Å². The largest absolute Gasteiger partial charge is 0.396 e. The van der Waals surface area contributed by atoms with Gasteiger partial charge in [0.25, 0.3) is 5.91 Å². The number of rotatable bonds is 8. The number of nitrogens with one attached hydrogen (secondary N) is 1. The number of amides is 1. The first-order chi connectivity index (χ1) is 9.99. The van der Waals surface area contributed by atoms with E-state index < -0.39 is 0 Å². The molecule has 1 aromatic rings. The van der Waals surface area contributed by atoms with Crippen LogP contribution >= 0.6 is 0 Å². The van der Waals surface area contributed by atoms with Gasteiger partial charge in [-0.25, -0.2) is 4.98 Å². The Hall–Kier alpha value is -1.62. The predicted octanol–water partition coefficient (Wildman–Crippen LogP) is 2.44. The molecular weight excluding hydrogens is 266 g/mol. The molecule has 21 heavy (non-hydrogen) atoms. The average molecular weight is 293 g/mol. The summed E-state index contributed by atoms with van der Waals surface area (Å²) in [6.45, 7) is 9.44. The third-order valence-electron chi connectivity index (χ3n) is 3.20. The highest BCUT2D eigenvalue weighted by Crippen LogP contribution is 2.14. The lowest BCUT2D eigenvalue weighted by molar-refractivity contribution is 0.0693. The first-order valence-corrected chi connectivity index (χ1v) is 7.64. The normalized spacial score (nSPS) is 10.8. The van der Waals surface area contributed by atoms with E-state index in [1.807, 2.05) is 26.8 Å². The van der Waals surface area contributed by atoms with Crippen LogP contribution in [0.5, 0.6) is 0 Å². The van der Waals surface area contributed by atoms with Crippen molar-refractivity contribution >= 4 is 11.7 Å². The minimum atomic E-state index is -0.0106. The van der Waals surface area contributed by atoms with Crippen molar-refractivity contribution in [3.63, 3.8) is 0 Å². The van der Waals surface area contributed by atoms with Gasteiger partial charge in [-0.1, -0.05) is 6.92 Å². The zero-order chi connectivity index (χ0) is 15.8. The quantitative estimate of drug-likeness (QED) is 0.772. The van der Waals surface area contributed by atoms with Crippen LogP contribution < -0.4 is 5.32 Å². The summed E-state index contributed by atoms with van der Waals surface area (Å²) >= 11 is 0. The minimum absolute atomic E-state index is 0.0106. The monoisotopic (exact) mass is 293 g/mol. The van der Waals surface area contributed by atoms with E-state index in [0.29, 0.717) is 18.5 Å². The molecule has 0 fully saturated rings. The zero-order valence-corrected chi connectivity index (χ0v) is 13.5. The number of carbonyl (C=O) groups excluding carboxylic acids is 1. The van der Waals surface area contributed by atoms with Gasteiger partial charge in [-0.3, -0.25) is 4.79 Å². The molecule has 0 bridgehead atoms. The van der Waals surface area contributed by atoms with Crippen molar-refractivity contribution in [3.05, 3.63) is 23.4 Å². The van der Waals surface area contributed by atoms with Crippen LogP contribution in [0, 0.1) is 6.92 Å². The van der Waals surface area contributed by atoms with Crippen molar-refractivity contribution in [3.8, 4) is 0 Å². The van der Waals surface area contributed by atoms with E-state index >= 15 is 0 Å². The molecule has 2 N–H and O–H groups in total. The number of nitrogens with zero attached hydrogens (tertiary/aromatic N) is 2. The summed E-state index contributed by atoms with van der Waals surface area (Å²) in [5.74, 6) is 0.731. The van der Waals surface area contributed by atoms with Gasteiger partial charge in [0.05, 0.1) is 0 Å². The van der Waals surface area contributed by atoms with Gasteiger partial charge in [0, 0.05) is 37.0 Å². The standard InChI is InChI=1S/C16H27N3O2/c1-5-7-17-15-11-14(10-13(4)18-15)16(21)19(12(2)3)8-6-9-20/h10-12,20H,5-9H2,1-4H3,(H,17,18). The van der Waals surface area contributed by atoms with Gasteiger partial charge >= 0.3 is 0 Å². The molecular formula is C16H27N3O2. The molecule has 0 spiro atoms. The fourth-order valence-corrected chi connectivity index (χ4v) is 2.14. The molecule has 0 aliphatic rings. The van der Waals surface area contributed by atoms with Crippen molar-refractivity contribution in [1.82, 2.24) is 9.88 Å². The van der Waals surface area contributed by atoms with Crippen LogP contribution in [0.15, 0.2) is 12.1 Å². The van der Waals surface area contributed by atoms with Crippen molar-refractivity contribution in [1.29, 1.82) is 0 Å². The van der Waals surface area contributed by atoms with E-state index in [2.05, 4.69) is 17.2 Å². The molecule has 1 rings (SSSR count). The molecule has 0 radical (unpaired) electrons. The molecule has 0 aliphatic heterocycles. The number of hydrogen-bond acceptors (Lipinski definition) is 4. The molecule has 0 aromatic carbocycles.